The summed E-state index contributed by atoms with van der Waals surface area (Å²) in [6.45, 7) is 8.44. The van der Waals surface area contributed by atoms with Crippen molar-refractivity contribution in [3.8, 4) is 0 Å². The molecule has 0 saturated heterocycles. The molecule has 1 heterocycles. The number of nitrogens with one attached hydrogen (secondary N) is 2. The molecule has 0 radical (unpaired) electrons. The highest BCUT2D eigenvalue weighted by Gasteiger charge is 2.08. The van der Waals surface area contributed by atoms with Crippen LogP contribution < -0.4 is 10.6 Å². The lowest BCUT2D eigenvalue weighted by Crippen LogP contribution is -2.21. The summed E-state index contributed by atoms with van der Waals surface area (Å²) in [6.07, 6.45) is 0. The van der Waals surface area contributed by atoms with Gasteiger partial charge in [0.05, 0.1) is 19.2 Å². The van der Waals surface area contributed by atoms with Crippen molar-refractivity contribution in [2.75, 3.05) is 25.6 Å². The summed E-state index contributed by atoms with van der Waals surface area (Å²) in [5.41, 5.74) is 0. The molecule has 98 valence electrons. The van der Waals surface area contributed by atoms with Crippen LogP contribution in [0.1, 0.15) is 26.7 Å². The largest absolute Gasteiger partial charge is 0.407 e. The molecule has 1 aromatic rings. The summed E-state index contributed by atoms with van der Waals surface area (Å²) < 4.78 is 10.4. The van der Waals surface area contributed by atoms with Crippen LogP contribution in [0.3, 0.4) is 0 Å². The first kappa shape index (κ1) is 13.9. The van der Waals surface area contributed by atoms with Crippen LogP contribution in [-0.2, 0) is 11.3 Å². The van der Waals surface area contributed by atoms with Gasteiger partial charge in [-0.25, -0.2) is 0 Å². The van der Waals surface area contributed by atoms with E-state index >= 15 is 0 Å². The van der Waals surface area contributed by atoms with Crippen LogP contribution in [0.25, 0.3) is 0 Å². The van der Waals surface area contributed by atoms with Gasteiger partial charge in [-0.1, -0.05) is 18.9 Å². The van der Waals surface area contributed by atoms with E-state index in [0.29, 0.717) is 31.0 Å². The zero-order valence-corrected chi connectivity index (χ0v) is 11.0. The zero-order chi connectivity index (χ0) is 12.7. The molecular formula is C11H22N4O2. The SMILES string of the molecule is COCC(C)Nc1nnc(CNCC(C)C)o1. The van der Waals surface area contributed by atoms with E-state index in [1.807, 2.05) is 6.92 Å². The lowest BCUT2D eigenvalue weighted by atomic mass is 10.2. The molecule has 17 heavy (non-hydrogen) atoms. The molecule has 0 aliphatic heterocycles. The summed E-state index contributed by atoms with van der Waals surface area (Å²) in [4.78, 5) is 0. The number of hydrogen-bond donors (Lipinski definition) is 2. The maximum Gasteiger partial charge on any atom is 0.315 e. The molecule has 0 bridgehead atoms. The van der Waals surface area contributed by atoms with E-state index in [1.54, 1.807) is 7.11 Å². The van der Waals surface area contributed by atoms with E-state index in [4.69, 9.17) is 9.15 Å². The highest BCUT2D eigenvalue weighted by atomic mass is 16.5. The van der Waals surface area contributed by atoms with Crippen LogP contribution >= 0.6 is 0 Å². The summed E-state index contributed by atoms with van der Waals surface area (Å²) in [5.74, 6) is 1.20. The summed E-state index contributed by atoms with van der Waals surface area (Å²) in [6, 6.07) is 0.591. The zero-order valence-electron chi connectivity index (χ0n) is 11.0. The molecule has 1 aromatic heterocycles. The summed E-state index contributed by atoms with van der Waals surface area (Å²) in [7, 11) is 1.66. The van der Waals surface area contributed by atoms with Crippen molar-refractivity contribution in [2.45, 2.75) is 33.4 Å². The molecule has 1 rings (SSSR count). The molecule has 0 amide bonds. The Morgan fingerprint density at radius 2 is 2.06 bits per heavy atom. The first-order valence-corrected chi connectivity index (χ1v) is 5.90. The van der Waals surface area contributed by atoms with Crippen molar-refractivity contribution in [3.05, 3.63) is 5.89 Å². The highest BCUT2D eigenvalue weighted by molar-refractivity contribution is 5.18. The van der Waals surface area contributed by atoms with Crippen LogP contribution in [0.5, 0.6) is 0 Å². The fourth-order valence-corrected chi connectivity index (χ4v) is 1.35. The molecular weight excluding hydrogens is 220 g/mol. The number of aromatic nitrogens is 2. The van der Waals surface area contributed by atoms with Gasteiger partial charge in [0.1, 0.15) is 0 Å². The van der Waals surface area contributed by atoms with Crippen LogP contribution in [-0.4, -0.2) is 36.5 Å². The minimum Gasteiger partial charge on any atom is -0.407 e. The molecule has 1 unspecified atom stereocenters. The fourth-order valence-electron chi connectivity index (χ4n) is 1.35. The monoisotopic (exact) mass is 242 g/mol. The summed E-state index contributed by atoms with van der Waals surface area (Å²) in [5, 5.41) is 14.2. The maximum atomic E-state index is 5.43. The van der Waals surface area contributed by atoms with Gasteiger partial charge in [0.25, 0.3) is 0 Å². The predicted molar refractivity (Wildman–Crippen MR) is 65.8 cm³/mol. The second kappa shape index (κ2) is 7.24. The number of methoxy groups -OCH3 is 1. The Bertz CT molecular complexity index is 314. The van der Waals surface area contributed by atoms with E-state index < -0.39 is 0 Å². The Kier molecular flexibility index (Phi) is 5.93. The predicted octanol–water partition coefficient (Wildman–Crippen LogP) is 1.26. The van der Waals surface area contributed by atoms with Crippen molar-refractivity contribution >= 4 is 6.01 Å². The Hall–Kier alpha value is -1.14. The quantitative estimate of drug-likeness (QED) is 0.715. The molecule has 0 aromatic carbocycles. The van der Waals surface area contributed by atoms with Crippen molar-refractivity contribution in [2.24, 2.45) is 5.92 Å². The van der Waals surface area contributed by atoms with E-state index in [9.17, 15) is 0 Å². The Morgan fingerprint density at radius 3 is 2.71 bits per heavy atom. The second-order valence-corrected chi connectivity index (χ2v) is 4.53. The van der Waals surface area contributed by atoms with E-state index in [1.165, 1.54) is 0 Å². The second-order valence-electron chi connectivity index (χ2n) is 4.53. The van der Waals surface area contributed by atoms with Gasteiger partial charge >= 0.3 is 6.01 Å². The smallest absolute Gasteiger partial charge is 0.315 e. The van der Waals surface area contributed by atoms with Gasteiger partial charge in [0.2, 0.25) is 5.89 Å². The molecule has 0 fully saturated rings. The molecule has 6 nitrogen and oxygen atoms in total. The normalized spacial score (nSPS) is 13.0. The van der Waals surface area contributed by atoms with Gasteiger partial charge in [-0.3, -0.25) is 0 Å². The number of hydrogen-bond acceptors (Lipinski definition) is 6. The number of anilines is 1. The molecule has 0 aliphatic carbocycles. The molecule has 0 aliphatic rings. The number of nitrogens with zero attached hydrogens (tertiary/aromatic N) is 2. The molecule has 2 N–H and O–H groups in total. The van der Waals surface area contributed by atoms with Crippen LogP contribution in [0.4, 0.5) is 6.01 Å². The van der Waals surface area contributed by atoms with Gasteiger partial charge in [-0.05, 0) is 19.4 Å². The Balaban J connectivity index is 2.32. The third-order valence-corrected chi connectivity index (χ3v) is 2.08. The van der Waals surface area contributed by atoms with Gasteiger partial charge in [-0.15, -0.1) is 5.10 Å². The average molecular weight is 242 g/mol. The van der Waals surface area contributed by atoms with Crippen molar-refractivity contribution in [1.29, 1.82) is 0 Å². The van der Waals surface area contributed by atoms with Crippen molar-refractivity contribution < 1.29 is 9.15 Å². The van der Waals surface area contributed by atoms with E-state index in [2.05, 4.69) is 34.7 Å². The van der Waals surface area contributed by atoms with Crippen LogP contribution in [0.15, 0.2) is 4.42 Å². The van der Waals surface area contributed by atoms with Gasteiger partial charge in [-0.2, -0.15) is 0 Å². The van der Waals surface area contributed by atoms with Crippen LogP contribution in [0.2, 0.25) is 0 Å². The van der Waals surface area contributed by atoms with Crippen molar-refractivity contribution in [1.82, 2.24) is 15.5 Å². The number of ether oxygens (including phenoxy) is 1. The van der Waals surface area contributed by atoms with Gasteiger partial charge in [0, 0.05) is 7.11 Å². The average Bonchev–Trinajstić information content (AvgIpc) is 2.65. The van der Waals surface area contributed by atoms with Gasteiger partial charge < -0.3 is 19.8 Å². The fraction of sp³-hybridized carbons (Fsp3) is 0.818. The highest BCUT2D eigenvalue weighted by Crippen LogP contribution is 2.06. The lowest BCUT2D eigenvalue weighted by molar-refractivity contribution is 0.189. The topological polar surface area (TPSA) is 72.2 Å². The third-order valence-electron chi connectivity index (χ3n) is 2.08. The minimum atomic E-state index is 0.150. The Labute approximate surface area is 102 Å². The van der Waals surface area contributed by atoms with Gasteiger partial charge in [0.15, 0.2) is 0 Å². The third kappa shape index (κ3) is 5.65. The first-order chi connectivity index (χ1) is 8.11. The van der Waals surface area contributed by atoms with Crippen molar-refractivity contribution in [3.63, 3.8) is 0 Å². The molecule has 1 atom stereocenters. The maximum absolute atomic E-state index is 5.43. The molecule has 0 saturated carbocycles. The molecule has 0 spiro atoms. The van der Waals surface area contributed by atoms with Crippen LogP contribution in [0, 0.1) is 5.92 Å². The van der Waals surface area contributed by atoms with E-state index in [0.717, 1.165) is 6.54 Å². The molecule has 6 heteroatoms. The van der Waals surface area contributed by atoms with E-state index in [-0.39, 0.29) is 6.04 Å². The summed E-state index contributed by atoms with van der Waals surface area (Å²) >= 11 is 0. The standard InChI is InChI=1S/C11H22N4O2/c1-8(2)5-12-6-10-14-15-11(17-10)13-9(3)7-16-4/h8-9,12H,5-7H2,1-4H3,(H,13,15). The lowest BCUT2D eigenvalue weighted by Gasteiger charge is -2.09. The number of rotatable bonds is 8. The Morgan fingerprint density at radius 1 is 1.29 bits per heavy atom. The minimum absolute atomic E-state index is 0.150. The first-order valence-electron chi connectivity index (χ1n) is 5.90.